The molecule has 7 nitrogen and oxygen atoms in total. The smallest absolute Gasteiger partial charge is 0.251 e. The van der Waals surface area contributed by atoms with Crippen molar-refractivity contribution < 1.29 is 22.7 Å². The van der Waals surface area contributed by atoms with Crippen molar-refractivity contribution in [1.29, 1.82) is 0 Å². The Kier molecular flexibility index (Phi) is 6.53. The maximum absolute atomic E-state index is 12.4. The minimum absolute atomic E-state index is 0.103. The van der Waals surface area contributed by atoms with Gasteiger partial charge in [0, 0.05) is 22.8 Å². The van der Waals surface area contributed by atoms with Crippen LogP contribution in [0.25, 0.3) is 0 Å². The van der Waals surface area contributed by atoms with Crippen molar-refractivity contribution in [2.75, 3.05) is 17.3 Å². The first-order valence-electron chi connectivity index (χ1n) is 9.90. The Hall–Kier alpha value is -3.23. The van der Waals surface area contributed by atoms with Crippen molar-refractivity contribution in [3.05, 3.63) is 88.4 Å². The predicted molar refractivity (Wildman–Crippen MR) is 123 cm³/mol. The summed E-state index contributed by atoms with van der Waals surface area (Å²) in [5.41, 5.74) is 2.46. The van der Waals surface area contributed by atoms with Gasteiger partial charge in [0.2, 0.25) is 16.8 Å². The number of sulfonamides is 1. The first-order chi connectivity index (χ1) is 15.4. The maximum Gasteiger partial charge on any atom is 0.251 e. The van der Waals surface area contributed by atoms with Crippen LogP contribution in [-0.4, -0.2) is 26.9 Å². The molecule has 4 rings (SSSR count). The van der Waals surface area contributed by atoms with E-state index < -0.39 is 10.0 Å². The number of hydrogen-bond acceptors (Lipinski definition) is 5. The molecule has 0 aliphatic carbocycles. The zero-order chi connectivity index (χ0) is 22.6. The third kappa shape index (κ3) is 5.52. The van der Waals surface area contributed by atoms with Crippen LogP contribution < -0.4 is 19.5 Å². The van der Waals surface area contributed by atoms with E-state index in [0.717, 1.165) is 11.1 Å². The highest BCUT2D eigenvalue weighted by Crippen LogP contribution is 2.32. The molecular formula is C23H21ClN2O5S. The summed E-state index contributed by atoms with van der Waals surface area (Å²) < 4.78 is 37.9. The van der Waals surface area contributed by atoms with Crippen LogP contribution in [0.1, 0.15) is 21.5 Å². The SMILES string of the molecule is O=C(NCc1ccc2c(c1)OCO2)c1ccc(NS(=O)(=O)CCc2ccccc2Cl)cc1. The number of anilines is 1. The van der Waals surface area contributed by atoms with Gasteiger partial charge in [0.15, 0.2) is 11.5 Å². The molecule has 1 aliphatic heterocycles. The molecule has 1 aliphatic rings. The standard InChI is InChI=1S/C23H21ClN2O5S/c24-20-4-2-1-3-17(20)11-12-32(28,29)26-19-8-6-18(7-9-19)23(27)25-14-16-5-10-21-22(13-16)31-15-30-21/h1-10,13,26H,11-12,14-15H2,(H,25,27). The van der Waals surface area contributed by atoms with Gasteiger partial charge >= 0.3 is 0 Å². The Labute approximate surface area is 191 Å². The quantitative estimate of drug-likeness (QED) is 0.517. The van der Waals surface area contributed by atoms with E-state index in [1.807, 2.05) is 18.2 Å². The summed E-state index contributed by atoms with van der Waals surface area (Å²) in [5.74, 6) is 0.970. The summed E-state index contributed by atoms with van der Waals surface area (Å²) in [6.07, 6.45) is 0.301. The van der Waals surface area contributed by atoms with E-state index >= 15 is 0 Å². The fraction of sp³-hybridized carbons (Fsp3) is 0.174. The molecule has 0 fully saturated rings. The lowest BCUT2D eigenvalue weighted by Gasteiger charge is -2.10. The van der Waals surface area contributed by atoms with E-state index in [9.17, 15) is 13.2 Å². The van der Waals surface area contributed by atoms with Gasteiger partial charge in [-0.05, 0) is 60.0 Å². The minimum Gasteiger partial charge on any atom is -0.454 e. The topological polar surface area (TPSA) is 93.7 Å². The van der Waals surface area contributed by atoms with Crippen molar-refractivity contribution in [1.82, 2.24) is 5.32 Å². The largest absolute Gasteiger partial charge is 0.454 e. The van der Waals surface area contributed by atoms with Crippen LogP contribution in [0.2, 0.25) is 5.02 Å². The van der Waals surface area contributed by atoms with E-state index in [2.05, 4.69) is 10.0 Å². The number of benzene rings is 3. The number of fused-ring (bicyclic) bond motifs is 1. The van der Waals surface area contributed by atoms with Gasteiger partial charge in [0.1, 0.15) is 0 Å². The summed E-state index contributed by atoms with van der Waals surface area (Å²) in [6.45, 7) is 0.521. The molecule has 1 heterocycles. The Morgan fingerprint density at radius 2 is 1.72 bits per heavy atom. The summed E-state index contributed by atoms with van der Waals surface area (Å²) in [5, 5.41) is 3.37. The molecule has 0 atom stereocenters. The number of carbonyl (C=O) groups is 1. The van der Waals surface area contributed by atoms with Crippen LogP contribution >= 0.6 is 11.6 Å². The van der Waals surface area contributed by atoms with E-state index in [1.165, 1.54) is 0 Å². The average molecular weight is 473 g/mol. The van der Waals surface area contributed by atoms with Crippen LogP contribution in [0, 0.1) is 0 Å². The van der Waals surface area contributed by atoms with Crippen molar-refractivity contribution in [3.63, 3.8) is 0 Å². The van der Waals surface area contributed by atoms with E-state index in [1.54, 1.807) is 48.5 Å². The number of hydrogen-bond donors (Lipinski definition) is 2. The van der Waals surface area contributed by atoms with Gasteiger partial charge in [-0.1, -0.05) is 35.9 Å². The number of amides is 1. The van der Waals surface area contributed by atoms with Gasteiger partial charge < -0.3 is 14.8 Å². The van der Waals surface area contributed by atoms with Crippen LogP contribution in [0.15, 0.2) is 66.7 Å². The number of rotatable bonds is 8. The summed E-state index contributed by atoms with van der Waals surface area (Å²) in [6, 6.07) is 18.9. The molecule has 3 aromatic carbocycles. The molecule has 32 heavy (non-hydrogen) atoms. The third-order valence-corrected chi connectivity index (χ3v) is 6.57. The number of ether oxygens (including phenoxy) is 2. The predicted octanol–water partition coefficient (Wildman–Crippen LogP) is 3.98. The second-order valence-electron chi connectivity index (χ2n) is 7.21. The zero-order valence-corrected chi connectivity index (χ0v) is 18.6. The number of halogens is 1. The molecule has 166 valence electrons. The van der Waals surface area contributed by atoms with Gasteiger partial charge in [-0.25, -0.2) is 8.42 Å². The van der Waals surface area contributed by atoms with Crippen LogP contribution in [-0.2, 0) is 23.0 Å². The molecule has 0 radical (unpaired) electrons. The molecule has 0 spiro atoms. The molecule has 2 N–H and O–H groups in total. The van der Waals surface area contributed by atoms with Gasteiger partial charge in [-0.3, -0.25) is 9.52 Å². The van der Waals surface area contributed by atoms with Gasteiger partial charge in [0.25, 0.3) is 5.91 Å². The van der Waals surface area contributed by atoms with Crippen molar-refractivity contribution >= 4 is 33.2 Å². The molecule has 1 amide bonds. The van der Waals surface area contributed by atoms with Gasteiger partial charge in [-0.2, -0.15) is 0 Å². The molecule has 0 aromatic heterocycles. The highest BCUT2D eigenvalue weighted by atomic mass is 35.5. The first kappa shape index (κ1) is 22.0. The van der Waals surface area contributed by atoms with Crippen molar-refractivity contribution in [2.24, 2.45) is 0 Å². The molecule has 3 aromatic rings. The van der Waals surface area contributed by atoms with Crippen LogP contribution in [0.4, 0.5) is 5.69 Å². The lowest BCUT2D eigenvalue weighted by atomic mass is 10.1. The van der Waals surface area contributed by atoms with Crippen LogP contribution in [0.3, 0.4) is 0 Å². The lowest BCUT2D eigenvalue weighted by Crippen LogP contribution is -2.23. The number of aryl methyl sites for hydroxylation is 1. The fourth-order valence-electron chi connectivity index (χ4n) is 3.20. The van der Waals surface area contributed by atoms with Gasteiger partial charge in [-0.15, -0.1) is 0 Å². The lowest BCUT2D eigenvalue weighted by molar-refractivity contribution is 0.0951. The second-order valence-corrected chi connectivity index (χ2v) is 9.46. The third-order valence-electron chi connectivity index (χ3n) is 4.91. The Morgan fingerprint density at radius 1 is 0.969 bits per heavy atom. The molecule has 0 saturated heterocycles. The molecule has 9 heteroatoms. The number of nitrogens with one attached hydrogen (secondary N) is 2. The molecule has 0 unspecified atom stereocenters. The molecular weight excluding hydrogens is 452 g/mol. The highest BCUT2D eigenvalue weighted by molar-refractivity contribution is 7.92. The highest BCUT2D eigenvalue weighted by Gasteiger charge is 2.15. The summed E-state index contributed by atoms with van der Waals surface area (Å²) >= 11 is 6.09. The molecule has 0 saturated carbocycles. The Morgan fingerprint density at radius 3 is 2.50 bits per heavy atom. The van der Waals surface area contributed by atoms with Crippen LogP contribution in [0.5, 0.6) is 11.5 Å². The zero-order valence-electron chi connectivity index (χ0n) is 17.0. The minimum atomic E-state index is -3.57. The van der Waals surface area contributed by atoms with E-state index in [-0.39, 0.29) is 18.5 Å². The normalized spacial score (nSPS) is 12.4. The molecule has 0 bridgehead atoms. The second kappa shape index (κ2) is 9.50. The monoisotopic (exact) mass is 472 g/mol. The summed E-state index contributed by atoms with van der Waals surface area (Å²) in [7, 11) is -3.57. The van der Waals surface area contributed by atoms with Crippen molar-refractivity contribution in [3.8, 4) is 11.5 Å². The van der Waals surface area contributed by atoms with E-state index in [4.69, 9.17) is 21.1 Å². The Bertz CT molecular complexity index is 1230. The average Bonchev–Trinajstić information content (AvgIpc) is 3.25. The summed E-state index contributed by atoms with van der Waals surface area (Å²) in [4.78, 5) is 12.4. The Balaban J connectivity index is 1.31. The fourth-order valence-corrected chi connectivity index (χ4v) is 4.52. The van der Waals surface area contributed by atoms with E-state index in [0.29, 0.717) is 40.7 Å². The first-order valence-corrected chi connectivity index (χ1v) is 11.9. The van der Waals surface area contributed by atoms with Gasteiger partial charge in [0.05, 0.1) is 5.75 Å². The van der Waals surface area contributed by atoms with Crippen molar-refractivity contribution in [2.45, 2.75) is 13.0 Å². The maximum atomic E-state index is 12.4. The number of carbonyl (C=O) groups excluding carboxylic acids is 1.